The van der Waals surface area contributed by atoms with Gasteiger partial charge in [-0.25, -0.2) is 0 Å². The standard InChI is InChI=1S/C10H12Cl2O2/c1-10(2,14)9(13)7-5-6(11)3-4-8(7)12/h3-5,9,13-14H,1-2H3. The molecule has 0 aromatic heterocycles. The summed E-state index contributed by atoms with van der Waals surface area (Å²) >= 11 is 11.6. The number of rotatable bonds is 2. The van der Waals surface area contributed by atoms with Crippen molar-refractivity contribution >= 4 is 23.2 Å². The van der Waals surface area contributed by atoms with Crippen LogP contribution in [0.3, 0.4) is 0 Å². The van der Waals surface area contributed by atoms with Gasteiger partial charge in [-0.05, 0) is 32.0 Å². The number of benzene rings is 1. The molecule has 0 saturated carbocycles. The first-order valence-corrected chi connectivity index (χ1v) is 4.93. The third-order valence-electron chi connectivity index (χ3n) is 1.92. The average Bonchev–Trinajstić information content (AvgIpc) is 2.06. The molecule has 1 atom stereocenters. The molecule has 0 aliphatic rings. The predicted molar refractivity (Wildman–Crippen MR) is 57.7 cm³/mol. The van der Waals surface area contributed by atoms with Crippen LogP contribution in [-0.2, 0) is 0 Å². The first-order valence-electron chi connectivity index (χ1n) is 4.18. The summed E-state index contributed by atoms with van der Waals surface area (Å²) in [5.41, 5.74) is -0.805. The molecule has 0 aliphatic carbocycles. The highest BCUT2D eigenvalue weighted by atomic mass is 35.5. The van der Waals surface area contributed by atoms with Crippen molar-refractivity contribution in [2.45, 2.75) is 25.6 Å². The van der Waals surface area contributed by atoms with Gasteiger partial charge in [0.25, 0.3) is 0 Å². The van der Waals surface area contributed by atoms with Gasteiger partial charge >= 0.3 is 0 Å². The van der Waals surface area contributed by atoms with Crippen LogP contribution in [0.2, 0.25) is 10.0 Å². The predicted octanol–water partition coefficient (Wildman–Crippen LogP) is 2.80. The van der Waals surface area contributed by atoms with Crippen molar-refractivity contribution in [2.75, 3.05) is 0 Å². The lowest BCUT2D eigenvalue weighted by Crippen LogP contribution is -2.28. The quantitative estimate of drug-likeness (QED) is 0.827. The zero-order chi connectivity index (χ0) is 10.9. The molecule has 4 heteroatoms. The van der Waals surface area contributed by atoms with E-state index in [4.69, 9.17) is 23.2 Å². The maximum atomic E-state index is 9.77. The van der Waals surface area contributed by atoms with Crippen LogP contribution in [0, 0.1) is 0 Å². The molecule has 2 N–H and O–H groups in total. The molecule has 1 unspecified atom stereocenters. The Morgan fingerprint density at radius 2 is 1.86 bits per heavy atom. The molecule has 78 valence electrons. The van der Waals surface area contributed by atoms with Crippen LogP contribution in [0.4, 0.5) is 0 Å². The highest BCUT2D eigenvalue weighted by Gasteiger charge is 2.27. The van der Waals surface area contributed by atoms with Crippen molar-refractivity contribution in [2.24, 2.45) is 0 Å². The minimum atomic E-state index is -1.24. The van der Waals surface area contributed by atoms with Gasteiger partial charge in [0.2, 0.25) is 0 Å². The Kier molecular flexibility index (Phi) is 3.43. The van der Waals surface area contributed by atoms with Crippen molar-refractivity contribution in [3.05, 3.63) is 33.8 Å². The molecule has 0 radical (unpaired) electrons. The Hall–Kier alpha value is -0.280. The lowest BCUT2D eigenvalue weighted by atomic mass is 9.95. The first kappa shape index (κ1) is 11.8. The van der Waals surface area contributed by atoms with Gasteiger partial charge in [-0.2, -0.15) is 0 Å². The molecule has 0 spiro atoms. The first-order chi connectivity index (χ1) is 6.32. The van der Waals surface area contributed by atoms with Crippen molar-refractivity contribution < 1.29 is 10.2 Å². The van der Waals surface area contributed by atoms with E-state index in [1.807, 2.05) is 0 Å². The largest absolute Gasteiger partial charge is 0.387 e. The molecule has 14 heavy (non-hydrogen) atoms. The van der Waals surface area contributed by atoms with Crippen molar-refractivity contribution in [1.29, 1.82) is 0 Å². The van der Waals surface area contributed by atoms with Crippen LogP contribution in [0.25, 0.3) is 0 Å². The zero-order valence-corrected chi connectivity index (χ0v) is 9.47. The summed E-state index contributed by atoms with van der Waals surface area (Å²) in [4.78, 5) is 0. The fraction of sp³-hybridized carbons (Fsp3) is 0.400. The average molecular weight is 235 g/mol. The van der Waals surface area contributed by atoms with E-state index >= 15 is 0 Å². The van der Waals surface area contributed by atoms with Gasteiger partial charge in [0.15, 0.2) is 0 Å². The van der Waals surface area contributed by atoms with Gasteiger partial charge in [0.1, 0.15) is 6.10 Å². The summed E-state index contributed by atoms with van der Waals surface area (Å²) < 4.78 is 0. The molecule has 0 bridgehead atoms. The Morgan fingerprint density at radius 3 is 2.36 bits per heavy atom. The number of hydrogen-bond acceptors (Lipinski definition) is 2. The molecule has 0 saturated heterocycles. The third-order valence-corrected chi connectivity index (χ3v) is 2.50. The summed E-state index contributed by atoms with van der Waals surface area (Å²) in [7, 11) is 0. The lowest BCUT2D eigenvalue weighted by Gasteiger charge is -2.25. The van der Waals surface area contributed by atoms with E-state index in [0.717, 1.165) is 0 Å². The van der Waals surface area contributed by atoms with E-state index < -0.39 is 11.7 Å². The van der Waals surface area contributed by atoms with E-state index in [-0.39, 0.29) is 0 Å². The molecule has 1 aromatic rings. The SMILES string of the molecule is CC(C)(O)C(O)c1cc(Cl)ccc1Cl. The normalized spacial score (nSPS) is 14.1. The Balaban J connectivity index is 3.12. The Labute approximate surface area is 93.1 Å². The van der Waals surface area contributed by atoms with E-state index in [9.17, 15) is 10.2 Å². The summed E-state index contributed by atoms with van der Waals surface area (Å²) in [5.74, 6) is 0. The Morgan fingerprint density at radius 1 is 1.29 bits per heavy atom. The summed E-state index contributed by atoms with van der Waals surface area (Å²) in [6, 6.07) is 4.77. The van der Waals surface area contributed by atoms with E-state index in [1.54, 1.807) is 18.2 Å². The van der Waals surface area contributed by atoms with Gasteiger partial charge in [-0.1, -0.05) is 23.2 Å². The second-order valence-corrected chi connectivity index (χ2v) is 4.57. The monoisotopic (exact) mass is 234 g/mol. The minimum absolute atomic E-state index is 0.393. The third kappa shape index (κ3) is 2.61. The van der Waals surface area contributed by atoms with Gasteiger partial charge < -0.3 is 10.2 Å². The van der Waals surface area contributed by atoms with Crippen molar-refractivity contribution in [1.82, 2.24) is 0 Å². The summed E-state index contributed by atoms with van der Waals surface area (Å²) in [6.07, 6.45) is -1.05. The zero-order valence-electron chi connectivity index (χ0n) is 7.96. The second-order valence-electron chi connectivity index (χ2n) is 3.72. The van der Waals surface area contributed by atoms with Crippen LogP contribution < -0.4 is 0 Å². The van der Waals surface area contributed by atoms with Crippen LogP contribution in [0.1, 0.15) is 25.5 Å². The second kappa shape index (κ2) is 4.07. The summed E-state index contributed by atoms with van der Waals surface area (Å²) in [6.45, 7) is 3.02. The van der Waals surface area contributed by atoms with Crippen molar-refractivity contribution in [3.63, 3.8) is 0 Å². The van der Waals surface area contributed by atoms with Gasteiger partial charge in [-0.3, -0.25) is 0 Å². The number of hydrogen-bond donors (Lipinski definition) is 2. The molecule has 0 amide bonds. The Bertz CT molecular complexity index is 331. The maximum Gasteiger partial charge on any atom is 0.109 e. The van der Waals surface area contributed by atoms with Crippen LogP contribution >= 0.6 is 23.2 Å². The van der Waals surface area contributed by atoms with Gasteiger partial charge in [0.05, 0.1) is 5.60 Å². The van der Waals surface area contributed by atoms with E-state index in [1.165, 1.54) is 13.8 Å². The highest BCUT2D eigenvalue weighted by molar-refractivity contribution is 6.33. The smallest absolute Gasteiger partial charge is 0.109 e. The van der Waals surface area contributed by atoms with Crippen LogP contribution in [0.15, 0.2) is 18.2 Å². The molecular formula is C10H12Cl2O2. The van der Waals surface area contributed by atoms with Crippen molar-refractivity contribution in [3.8, 4) is 0 Å². The summed E-state index contributed by atoms with van der Waals surface area (Å²) in [5, 5.41) is 20.2. The van der Waals surface area contributed by atoms with Crippen LogP contribution in [0.5, 0.6) is 0 Å². The number of halogens is 2. The fourth-order valence-corrected chi connectivity index (χ4v) is 1.51. The molecule has 0 aliphatic heterocycles. The van der Waals surface area contributed by atoms with Crippen LogP contribution in [-0.4, -0.2) is 15.8 Å². The fourth-order valence-electron chi connectivity index (χ4n) is 1.10. The lowest BCUT2D eigenvalue weighted by molar-refractivity contribution is -0.0496. The van der Waals surface area contributed by atoms with E-state index in [0.29, 0.717) is 15.6 Å². The van der Waals surface area contributed by atoms with Gasteiger partial charge in [0, 0.05) is 15.6 Å². The molecule has 1 aromatic carbocycles. The minimum Gasteiger partial charge on any atom is -0.387 e. The number of aliphatic hydroxyl groups excluding tert-OH is 1. The topological polar surface area (TPSA) is 40.5 Å². The maximum absolute atomic E-state index is 9.77. The molecular weight excluding hydrogens is 223 g/mol. The molecule has 1 rings (SSSR count). The molecule has 0 heterocycles. The highest BCUT2D eigenvalue weighted by Crippen LogP contribution is 2.32. The number of aliphatic hydroxyl groups is 2. The molecule has 2 nitrogen and oxygen atoms in total. The van der Waals surface area contributed by atoms with E-state index in [2.05, 4.69) is 0 Å². The molecule has 0 fully saturated rings. The van der Waals surface area contributed by atoms with Gasteiger partial charge in [-0.15, -0.1) is 0 Å².